The minimum absolute atomic E-state index is 0.0521. The van der Waals surface area contributed by atoms with E-state index >= 15 is 0 Å². The SMILES string of the molecule is CC(Cc1ccco1)NC(=O)C1CC1C(=O)O. The Hall–Kier alpha value is -1.78. The quantitative estimate of drug-likeness (QED) is 0.802. The highest BCUT2D eigenvalue weighted by molar-refractivity contribution is 5.89. The molecule has 0 saturated heterocycles. The second kappa shape index (κ2) is 4.61. The Morgan fingerprint density at radius 3 is 2.88 bits per heavy atom. The predicted molar refractivity (Wildman–Crippen MR) is 59.2 cm³/mol. The number of carboxylic acids is 1. The number of carboxylic acid groups (broad SMARTS) is 1. The van der Waals surface area contributed by atoms with Crippen LogP contribution in [0.2, 0.25) is 0 Å². The topological polar surface area (TPSA) is 79.5 Å². The van der Waals surface area contributed by atoms with Gasteiger partial charge in [-0.15, -0.1) is 0 Å². The van der Waals surface area contributed by atoms with E-state index in [4.69, 9.17) is 9.52 Å². The summed E-state index contributed by atoms with van der Waals surface area (Å²) in [7, 11) is 0. The minimum Gasteiger partial charge on any atom is -0.481 e. The van der Waals surface area contributed by atoms with E-state index in [9.17, 15) is 9.59 Å². The molecule has 2 N–H and O–H groups in total. The highest BCUT2D eigenvalue weighted by atomic mass is 16.4. The number of hydrogen-bond acceptors (Lipinski definition) is 3. The second-order valence-electron chi connectivity index (χ2n) is 4.48. The first-order valence-electron chi connectivity index (χ1n) is 5.63. The standard InChI is InChI=1S/C12H15NO4/c1-7(5-8-3-2-4-17-8)13-11(14)9-6-10(9)12(15)16/h2-4,7,9-10H,5-6H2,1H3,(H,13,14)(H,15,16). The predicted octanol–water partition coefficient (Wildman–Crippen LogP) is 1.05. The highest BCUT2D eigenvalue weighted by Crippen LogP contribution is 2.38. The van der Waals surface area contributed by atoms with Crippen molar-refractivity contribution in [3.63, 3.8) is 0 Å². The lowest BCUT2D eigenvalue weighted by Gasteiger charge is -2.12. The number of rotatable bonds is 5. The van der Waals surface area contributed by atoms with E-state index in [0.29, 0.717) is 12.8 Å². The molecule has 5 heteroatoms. The van der Waals surface area contributed by atoms with Gasteiger partial charge in [-0.25, -0.2) is 0 Å². The van der Waals surface area contributed by atoms with Gasteiger partial charge in [0.25, 0.3) is 0 Å². The number of hydrogen-bond donors (Lipinski definition) is 2. The van der Waals surface area contributed by atoms with Crippen LogP contribution in [-0.4, -0.2) is 23.0 Å². The van der Waals surface area contributed by atoms with Crippen LogP contribution >= 0.6 is 0 Å². The zero-order chi connectivity index (χ0) is 12.4. The summed E-state index contributed by atoms with van der Waals surface area (Å²) < 4.78 is 5.18. The Morgan fingerprint density at radius 2 is 2.35 bits per heavy atom. The van der Waals surface area contributed by atoms with E-state index in [-0.39, 0.29) is 17.9 Å². The van der Waals surface area contributed by atoms with Crippen molar-refractivity contribution < 1.29 is 19.1 Å². The number of carbonyl (C=O) groups is 2. The summed E-state index contributed by atoms with van der Waals surface area (Å²) in [6.45, 7) is 1.87. The molecule has 1 aromatic heterocycles. The fourth-order valence-electron chi connectivity index (χ4n) is 1.89. The average Bonchev–Trinajstić information content (AvgIpc) is 2.92. The normalized spacial score (nSPS) is 24.1. The monoisotopic (exact) mass is 237 g/mol. The number of nitrogens with one attached hydrogen (secondary N) is 1. The van der Waals surface area contributed by atoms with Gasteiger partial charge < -0.3 is 14.8 Å². The van der Waals surface area contributed by atoms with Crippen molar-refractivity contribution in [1.82, 2.24) is 5.32 Å². The second-order valence-corrected chi connectivity index (χ2v) is 4.48. The van der Waals surface area contributed by atoms with Gasteiger partial charge in [0.05, 0.1) is 18.1 Å². The molecule has 1 amide bonds. The van der Waals surface area contributed by atoms with Crippen molar-refractivity contribution in [2.24, 2.45) is 11.8 Å². The summed E-state index contributed by atoms with van der Waals surface area (Å²) in [5.74, 6) is -1.10. The van der Waals surface area contributed by atoms with E-state index < -0.39 is 11.9 Å². The Bertz CT molecular complexity index is 412. The molecule has 0 radical (unpaired) electrons. The summed E-state index contributed by atoms with van der Waals surface area (Å²) in [5, 5.41) is 11.5. The minimum atomic E-state index is -0.885. The van der Waals surface area contributed by atoms with Crippen LogP contribution in [0.15, 0.2) is 22.8 Å². The van der Waals surface area contributed by atoms with Crippen molar-refractivity contribution in [3.05, 3.63) is 24.2 Å². The third-order valence-electron chi connectivity index (χ3n) is 2.92. The van der Waals surface area contributed by atoms with Gasteiger partial charge in [-0.3, -0.25) is 9.59 Å². The van der Waals surface area contributed by atoms with Gasteiger partial charge in [-0.2, -0.15) is 0 Å². The van der Waals surface area contributed by atoms with Crippen LogP contribution in [-0.2, 0) is 16.0 Å². The molecular formula is C12H15NO4. The smallest absolute Gasteiger partial charge is 0.307 e. The molecule has 1 heterocycles. The van der Waals surface area contributed by atoms with E-state index in [1.165, 1.54) is 0 Å². The lowest BCUT2D eigenvalue weighted by Crippen LogP contribution is -2.35. The molecule has 92 valence electrons. The maximum atomic E-state index is 11.7. The number of carbonyl (C=O) groups excluding carboxylic acids is 1. The number of aliphatic carboxylic acids is 1. The fourth-order valence-corrected chi connectivity index (χ4v) is 1.89. The molecular weight excluding hydrogens is 222 g/mol. The third-order valence-corrected chi connectivity index (χ3v) is 2.92. The molecule has 0 aromatic carbocycles. The molecule has 3 unspecified atom stereocenters. The first kappa shape index (κ1) is 11.7. The van der Waals surface area contributed by atoms with E-state index in [1.807, 2.05) is 13.0 Å². The van der Waals surface area contributed by atoms with Crippen molar-refractivity contribution in [2.75, 3.05) is 0 Å². The van der Waals surface area contributed by atoms with Crippen LogP contribution in [0.4, 0.5) is 0 Å². The molecule has 1 fully saturated rings. The van der Waals surface area contributed by atoms with Crippen molar-refractivity contribution in [2.45, 2.75) is 25.8 Å². The molecule has 1 saturated carbocycles. The molecule has 17 heavy (non-hydrogen) atoms. The van der Waals surface area contributed by atoms with Gasteiger partial charge in [0.1, 0.15) is 5.76 Å². The molecule has 0 bridgehead atoms. The zero-order valence-corrected chi connectivity index (χ0v) is 9.55. The van der Waals surface area contributed by atoms with Crippen molar-refractivity contribution >= 4 is 11.9 Å². The van der Waals surface area contributed by atoms with E-state index in [2.05, 4.69) is 5.32 Å². The Labute approximate surface area is 98.8 Å². The van der Waals surface area contributed by atoms with Crippen LogP contribution in [0, 0.1) is 11.8 Å². The van der Waals surface area contributed by atoms with Crippen LogP contribution in [0.3, 0.4) is 0 Å². The summed E-state index contributed by atoms with van der Waals surface area (Å²) in [6, 6.07) is 3.59. The fraction of sp³-hybridized carbons (Fsp3) is 0.500. The van der Waals surface area contributed by atoms with Gasteiger partial charge in [0.2, 0.25) is 5.91 Å². The first-order chi connectivity index (χ1) is 8.08. The summed E-state index contributed by atoms with van der Waals surface area (Å²) in [5.41, 5.74) is 0. The summed E-state index contributed by atoms with van der Waals surface area (Å²) >= 11 is 0. The van der Waals surface area contributed by atoms with Crippen molar-refractivity contribution in [1.29, 1.82) is 0 Å². The van der Waals surface area contributed by atoms with Crippen LogP contribution in [0.1, 0.15) is 19.1 Å². The summed E-state index contributed by atoms with van der Waals surface area (Å²) in [4.78, 5) is 22.3. The largest absolute Gasteiger partial charge is 0.481 e. The molecule has 2 rings (SSSR count). The van der Waals surface area contributed by atoms with Gasteiger partial charge >= 0.3 is 5.97 Å². The van der Waals surface area contributed by atoms with E-state index in [0.717, 1.165) is 5.76 Å². The van der Waals surface area contributed by atoms with Crippen LogP contribution in [0.5, 0.6) is 0 Å². The molecule has 3 atom stereocenters. The van der Waals surface area contributed by atoms with Gasteiger partial charge in [0, 0.05) is 12.5 Å². The zero-order valence-electron chi connectivity index (χ0n) is 9.55. The molecule has 0 aliphatic heterocycles. The van der Waals surface area contributed by atoms with Gasteiger partial charge in [-0.05, 0) is 25.5 Å². The van der Waals surface area contributed by atoms with Crippen LogP contribution in [0.25, 0.3) is 0 Å². The van der Waals surface area contributed by atoms with Gasteiger partial charge in [0.15, 0.2) is 0 Å². The average molecular weight is 237 g/mol. The van der Waals surface area contributed by atoms with E-state index in [1.54, 1.807) is 12.3 Å². The third kappa shape index (κ3) is 2.87. The first-order valence-corrected chi connectivity index (χ1v) is 5.63. The Balaban J connectivity index is 1.78. The van der Waals surface area contributed by atoms with Gasteiger partial charge in [-0.1, -0.05) is 0 Å². The molecule has 1 aliphatic rings. The number of furan rings is 1. The maximum Gasteiger partial charge on any atom is 0.307 e. The highest BCUT2D eigenvalue weighted by Gasteiger charge is 2.48. The molecule has 1 aliphatic carbocycles. The Morgan fingerprint density at radius 1 is 1.59 bits per heavy atom. The Kier molecular flexibility index (Phi) is 3.17. The molecule has 5 nitrogen and oxygen atoms in total. The van der Waals surface area contributed by atoms with Crippen LogP contribution < -0.4 is 5.32 Å². The van der Waals surface area contributed by atoms with Crippen molar-refractivity contribution in [3.8, 4) is 0 Å². The number of amides is 1. The summed E-state index contributed by atoms with van der Waals surface area (Å²) in [6.07, 6.45) is 2.66. The molecule has 1 aromatic rings. The lowest BCUT2D eigenvalue weighted by atomic mass is 10.2. The molecule has 0 spiro atoms. The lowest BCUT2D eigenvalue weighted by molar-refractivity contribution is -0.140. The maximum absolute atomic E-state index is 11.7.